The molecule has 0 aromatic heterocycles. The van der Waals surface area contributed by atoms with Crippen molar-refractivity contribution in [3.05, 3.63) is 28.2 Å². The summed E-state index contributed by atoms with van der Waals surface area (Å²) in [7, 11) is 0. The van der Waals surface area contributed by atoms with Gasteiger partial charge in [0.2, 0.25) is 0 Å². The number of piperidine rings is 1. The number of aryl methyl sites for hydroxylation is 1. The van der Waals surface area contributed by atoms with Crippen LogP contribution in [0, 0.1) is 0 Å². The minimum absolute atomic E-state index is 0.377. The molecule has 0 aliphatic carbocycles. The molecule has 1 saturated heterocycles. The van der Waals surface area contributed by atoms with E-state index in [2.05, 4.69) is 52.9 Å². The van der Waals surface area contributed by atoms with Crippen LogP contribution in [0.4, 0.5) is 5.69 Å². The van der Waals surface area contributed by atoms with E-state index in [1.807, 2.05) is 0 Å². The maximum Gasteiger partial charge on any atom is 0.0401 e. The molecule has 0 amide bonds. The van der Waals surface area contributed by atoms with Gasteiger partial charge in [0.05, 0.1) is 0 Å². The molecule has 2 rings (SSSR count). The molecule has 2 atom stereocenters. The maximum atomic E-state index is 6.03. The summed E-state index contributed by atoms with van der Waals surface area (Å²) in [5, 5.41) is 0. The molecule has 2 unspecified atom stereocenters. The lowest BCUT2D eigenvalue weighted by Crippen LogP contribution is -2.46. The summed E-state index contributed by atoms with van der Waals surface area (Å²) in [6.45, 7) is 5.57. The highest BCUT2D eigenvalue weighted by molar-refractivity contribution is 9.10. The lowest BCUT2D eigenvalue weighted by atomic mass is 9.97. The third-order valence-electron chi connectivity index (χ3n) is 3.65. The predicted octanol–water partition coefficient (Wildman–Crippen LogP) is 3.33. The van der Waals surface area contributed by atoms with Crippen LogP contribution in [0.25, 0.3) is 0 Å². The number of nitrogens with zero attached hydrogens (tertiary/aromatic N) is 1. The zero-order chi connectivity index (χ0) is 12.4. The Kier molecular flexibility index (Phi) is 4.10. The fraction of sp³-hybridized carbons (Fsp3) is 0.571. The second-order valence-electron chi connectivity index (χ2n) is 4.95. The van der Waals surface area contributed by atoms with Crippen molar-refractivity contribution in [2.45, 2.75) is 45.2 Å². The fourth-order valence-corrected chi connectivity index (χ4v) is 3.09. The third-order valence-corrected chi connectivity index (χ3v) is 4.14. The number of hydrogen-bond acceptors (Lipinski definition) is 2. The van der Waals surface area contributed by atoms with Crippen LogP contribution < -0.4 is 10.6 Å². The first kappa shape index (κ1) is 12.9. The average molecular weight is 297 g/mol. The molecule has 1 aromatic rings. The van der Waals surface area contributed by atoms with Gasteiger partial charge in [0.25, 0.3) is 0 Å². The molecule has 1 heterocycles. The normalized spacial score (nSPS) is 25.1. The SMILES string of the molecule is CCc1cc(Br)ccc1N1CCC(N)CC1C. The molecule has 3 heteroatoms. The van der Waals surface area contributed by atoms with E-state index in [1.165, 1.54) is 15.7 Å². The lowest BCUT2D eigenvalue weighted by molar-refractivity contribution is 0.429. The monoisotopic (exact) mass is 296 g/mol. The molecule has 0 bridgehead atoms. The number of nitrogens with two attached hydrogens (primary N) is 1. The Bertz CT molecular complexity index is 392. The van der Waals surface area contributed by atoms with Crippen molar-refractivity contribution in [3.63, 3.8) is 0 Å². The summed E-state index contributed by atoms with van der Waals surface area (Å²) in [5.41, 5.74) is 8.83. The van der Waals surface area contributed by atoms with Crippen LogP contribution in [-0.2, 0) is 6.42 Å². The summed E-state index contributed by atoms with van der Waals surface area (Å²) >= 11 is 3.55. The average Bonchev–Trinajstić information content (AvgIpc) is 2.30. The second kappa shape index (κ2) is 5.40. The molecule has 2 N–H and O–H groups in total. The Morgan fingerprint density at radius 3 is 2.88 bits per heavy atom. The second-order valence-corrected chi connectivity index (χ2v) is 5.87. The molecular formula is C14H21BrN2. The molecule has 17 heavy (non-hydrogen) atoms. The van der Waals surface area contributed by atoms with Gasteiger partial charge >= 0.3 is 0 Å². The van der Waals surface area contributed by atoms with Crippen molar-refractivity contribution in [1.29, 1.82) is 0 Å². The Morgan fingerprint density at radius 2 is 2.24 bits per heavy atom. The van der Waals surface area contributed by atoms with Crippen molar-refractivity contribution < 1.29 is 0 Å². The van der Waals surface area contributed by atoms with E-state index in [0.717, 1.165) is 25.8 Å². The van der Waals surface area contributed by atoms with E-state index in [-0.39, 0.29) is 0 Å². The minimum Gasteiger partial charge on any atom is -0.368 e. The van der Waals surface area contributed by atoms with Crippen LogP contribution in [-0.4, -0.2) is 18.6 Å². The van der Waals surface area contributed by atoms with Gasteiger partial charge in [-0.3, -0.25) is 0 Å². The molecule has 0 saturated carbocycles. The minimum atomic E-state index is 0.377. The Balaban J connectivity index is 2.27. The molecule has 0 spiro atoms. The van der Waals surface area contributed by atoms with Gasteiger partial charge in [-0.2, -0.15) is 0 Å². The van der Waals surface area contributed by atoms with Crippen LogP contribution in [0.1, 0.15) is 32.3 Å². The highest BCUT2D eigenvalue weighted by Crippen LogP contribution is 2.30. The van der Waals surface area contributed by atoms with E-state index < -0.39 is 0 Å². The summed E-state index contributed by atoms with van der Waals surface area (Å²) < 4.78 is 1.17. The topological polar surface area (TPSA) is 29.3 Å². The van der Waals surface area contributed by atoms with Gasteiger partial charge in [-0.05, 0) is 49.9 Å². The smallest absolute Gasteiger partial charge is 0.0401 e. The summed E-state index contributed by atoms with van der Waals surface area (Å²) in [5.74, 6) is 0. The highest BCUT2D eigenvalue weighted by Gasteiger charge is 2.24. The number of halogens is 1. The van der Waals surface area contributed by atoms with Gasteiger partial charge in [0.1, 0.15) is 0 Å². The van der Waals surface area contributed by atoms with Gasteiger partial charge in [0, 0.05) is 28.8 Å². The molecule has 94 valence electrons. The molecule has 2 nitrogen and oxygen atoms in total. The Morgan fingerprint density at radius 1 is 1.47 bits per heavy atom. The molecule has 0 radical (unpaired) electrons. The van der Waals surface area contributed by atoms with Gasteiger partial charge in [-0.1, -0.05) is 22.9 Å². The van der Waals surface area contributed by atoms with Crippen LogP contribution in [0.5, 0.6) is 0 Å². The van der Waals surface area contributed by atoms with Crippen LogP contribution in [0.2, 0.25) is 0 Å². The Labute approximate surface area is 112 Å². The van der Waals surface area contributed by atoms with Crippen molar-refractivity contribution in [1.82, 2.24) is 0 Å². The molecule has 1 fully saturated rings. The standard InChI is InChI=1S/C14H21BrN2/c1-3-11-9-12(15)4-5-14(11)17-7-6-13(16)8-10(17)2/h4-5,9-10,13H,3,6-8,16H2,1-2H3. The Hall–Kier alpha value is -0.540. The van der Waals surface area contributed by atoms with Gasteiger partial charge < -0.3 is 10.6 Å². The zero-order valence-corrected chi connectivity index (χ0v) is 12.2. The summed E-state index contributed by atoms with van der Waals surface area (Å²) in [6.07, 6.45) is 3.27. The van der Waals surface area contributed by atoms with E-state index in [4.69, 9.17) is 5.73 Å². The van der Waals surface area contributed by atoms with Gasteiger partial charge in [-0.15, -0.1) is 0 Å². The van der Waals surface area contributed by atoms with Crippen molar-refractivity contribution in [3.8, 4) is 0 Å². The lowest BCUT2D eigenvalue weighted by Gasteiger charge is -2.39. The van der Waals surface area contributed by atoms with E-state index in [0.29, 0.717) is 12.1 Å². The van der Waals surface area contributed by atoms with Crippen molar-refractivity contribution in [2.24, 2.45) is 5.73 Å². The third kappa shape index (κ3) is 2.83. The number of rotatable bonds is 2. The quantitative estimate of drug-likeness (QED) is 0.907. The van der Waals surface area contributed by atoms with E-state index in [1.54, 1.807) is 0 Å². The van der Waals surface area contributed by atoms with Gasteiger partial charge in [0.15, 0.2) is 0 Å². The molecular weight excluding hydrogens is 276 g/mol. The van der Waals surface area contributed by atoms with Crippen molar-refractivity contribution >= 4 is 21.6 Å². The maximum absolute atomic E-state index is 6.03. The number of anilines is 1. The fourth-order valence-electron chi connectivity index (χ4n) is 2.68. The molecule has 1 aliphatic rings. The first-order chi connectivity index (χ1) is 8.11. The number of benzene rings is 1. The summed E-state index contributed by atoms with van der Waals surface area (Å²) in [6, 6.07) is 7.52. The number of hydrogen-bond donors (Lipinski definition) is 1. The van der Waals surface area contributed by atoms with Crippen LogP contribution in [0.3, 0.4) is 0 Å². The van der Waals surface area contributed by atoms with Gasteiger partial charge in [-0.25, -0.2) is 0 Å². The predicted molar refractivity (Wildman–Crippen MR) is 77.5 cm³/mol. The van der Waals surface area contributed by atoms with E-state index >= 15 is 0 Å². The first-order valence-electron chi connectivity index (χ1n) is 6.42. The van der Waals surface area contributed by atoms with Crippen LogP contribution >= 0.6 is 15.9 Å². The molecule has 1 aromatic carbocycles. The van der Waals surface area contributed by atoms with Crippen LogP contribution in [0.15, 0.2) is 22.7 Å². The first-order valence-corrected chi connectivity index (χ1v) is 7.21. The highest BCUT2D eigenvalue weighted by atomic mass is 79.9. The summed E-state index contributed by atoms with van der Waals surface area (Å²) in [4.78, 5) is 2.51. The zero-order valence-electron chi connectivity index (χ0n) is 10.6. The van der Waals surface area contributed by atoms with Crippen molar-refractivity contribution in [2.75, 3.05) is 11.4 Å². The van der Waals surface area contributed by atoms with E-state index in [9.17, 15) is 0 Å². The molecule has 1 aliphatic heterocycles. The largest absolute Gasteiger partial charge is 0.368 e.